The first-order valence-corrected chi connectivity index (χ1v) is 13.4. The highest BCUT2D eigenvalue weighted by Gasteiger charge is 2.29. The van der Waals surface area contributed by atoms with E-state index in [1.54, 1.807) is 7.05 Å². The van der Waals surface area contributed by atoms with Crippen LogP contribution in [-0.4, -0.2) is 35.5 Å². The Kier molecular flexibility index (Phi) is 8.70. The number of carboxylic acid groups (broad SMARTS) is 1. The highest BCUT2D eigenvalue weighted by Crippen LogP contribution is 2.40. The Balaban J connectivity index is 1.58. The Bertz CT molecular complexity index is 1190. The number of anilines is 1. The van der Waals surface area contributed by atoms with E-state index in [0.717, 1.165) is 29.2 Å². The maximum Gasteiger partial charge on any atom is 0.305 e. The quantitative estimate of drug-likeness (QED) is 0.309. The number of hydrogen-bond acceptors (Lipinski definition) is 4. The molecule has 0 aliphatic heterocycles. The molecular weight excluding hydrogens is 464 g/mol. The van der Waals surface area contributed by atoms with E-state index in [1.165, 1.54) is 48.1 Å². The zero-order chi connectivity index (χ0) is 26.4. The molecule has 2 aromatic carbocycles. The molecule has 6 nitrogen and oxygen atoms in total. The molecule has 1 unspecified atom stereocenters. The van der Waals surface area contributed by atoms with E-state index in [1.807, 2.05) is 24.3 Å². The fourth-order valence-electron chi connectivity index (χ4n) is 5.23. The Labute approximate surface area is 219 Å². The SMILES string of the molecule is CCc1oc(-c2ccc(C)cc2)cc1C(Nc1ccc(C(=O)N(C)CCC(=O)O)cc1)C1CCCCC1. The van der Waals surface area contributed by atoms with E-state index >= 15 is 0 Å². The van der Waals surface area contributed by atoms with Crippen LogP contribution in [0.5, 0.6) is 0 Å². The molecule has 0 bridgehead atoms. The van der Waals surface area contributed by atoms with E-state index < -0.39 is 5.97 Å². The summed E-state index contributed by atoms with van der Waals surface area (Å²) in [6, 6.07) is 18.3. The van der Waals surface area contributed by atoms with Crippen LogP contribution in [-0.2, 0) is 11.2 Å². The molecule has 1 saturated carbocycles. The smallest absolute Gasteiger partial charge is 0.305 e. The highest BCUT2D eigenvalue weighted by molar-refractivity contribution is 5.94. The van der Waals surface area contributed by atoms with E-state index in [0.29, 0.717) is 11.5 Å². The molecular formula is C31H38N2O4. The van der Waals surface area contributed by atoms with Crippen LogP contribution in [0.3, 0.4) is 0 Å². The first kappa shape index (κ1) is 26.5. The van der Waals surface area contributed by atoms with Gasteiger partial charge in [0, 0.05) is 42.4 Å². The first-order chi connectivity index (χ1) is 17.9. The van der Waals surface area contributed by atoms with Crippen molar-refractivity contribution in [1.82, 2.24) is 4.90 Å². The van der Waals surface area contributed by atoms with Crippen LogP contribution < -0.4 is 5.32 Å². The summed E-state index contributed by atoms with van der Waals surface area (Å²) in [6.45, 7) is 4.41. The number of aliphatic carboxylic acids is 1. The molecule has 196 valence electrons. The van der Waals surface area contributed by atoms with Gasteiger partial charge >= 0.3 is 5.97 Å². The molecule has 0 radical (unpaired) electrons. The second-order valence-electron chi connectivity index (χ2n) is 10.2. The van der Waals surface area contributed by atoms with Gasteiger partial charge in [0.1, 0.15) is 11.5 Å². The maximum atomic E-state index is 12.7. The molecule has 3 aromatic rings. The molecule has 37 heavy (non-hydrogen) atoms. The number of aryl methyl sites for hydroxylation is 2. The van der Waals surface area contributed by atoms with Gasteiger partial charge in [0.15, 0.2) is 0 Å². The van der Waals surface area contributed by atoms with Crippen molar-refractivity contribution in [2.24, 2.45) is 5.92 Å². The van der Waals surface area contributed by atoms with Crippen molar-refractivity contribution in [2.45, 2.75) is 64.8 Å². The fourth-order valence-corrected chi connectivity index (χ4v) is 5.23. The number of benzene rings is 2. The summed E-state index contributed by atoms with van der Waals surface area (Å²) in [5.74, 6) is 1.34. The van der Waals surface area contributed by atoms with E-state index in [-0.39, 0.29) is 24.9 Å². The van der Waals surface area contributed by atoms with Gasteiger partial charge in [-0.15, -0.1) is 0 Å². The largest absolute Gasteiger partial charge is 0.481 e. The minimum Gasteiger partial charge on any atom is -0.481 e. The molecule has 0 spiro atoms. The number of hydrogen-bond donors (Lipinski definition) is 2. The van der Waals surface area contributed by atoms with Crippen LogP contribution in [0.2, 0.25) is 0 Å². The summed E-state index contributed by atoms with van der Waals surface area (Å²) in [5.41, 5.74) is 5.04. The maximum absolute atomic E-state index is 12.7. The third-order valence-electron chi connectivity index (χ3n) is 7.42. The monoisotopic (exact) mass is 502 g/mol. The number of carbonyl (C=O) groups is 2. The number of rotatable bonds is 10. The molecule has 1 amide bonds. The number of carboxylic acids is 1. The van der Waals surface area contributed by atoms with Gasteiger partial charge in [-0.25, -0.2) is 0 Å². The third kappa shape index (κ3) is 6.62. The summed E-state index contributed by atoms with van der Waals surface area (Å²) in [7, 11) is 1.63. The lowest BCUT2D eigenvalue weighted by atomic mass is 9.80. The summed E-state index contributed by atoms with van der Waals surface area (Å²) in [6.07, 6.45) is 6.87. The van der Waals surface area contributed by atoms with Crippen molar-refractivity contribution in [3.05, 3.63) is 77.0 Å². The zero-order valence-electron chi connectivity index (χ0n) is 22.1. The lowest BCUT2D eigenvalue weighted by molar-refractivity contribution is -0.137. The number of carbonyl (C=O) groups excluding carboxylic acids is 1. The molecule has 1 atom stereocenters. The van der Waals surface area contributed by atoms with Crippen LogP contribution in [0.15, 0.2) is 59.0 Å². The van der Waals surface area contributed by atoms with Crippen LogP contribution in [0, 0.1) is 12.8 Å². The van der Waals surface area contributed by atoms with Gasteiger partial charge in [-0.2, -0.15) is 0 Å². The van der Waals surface area contributed by atoms with Crippen molar-refractivity contribution in [2.75, 3.05) is 18.9 Å². The minimum atomic E-state index is -0.913. The van der Waals surface area contributed by atoms with Gasteiger partial charge < -0.3 is 19.7 Å². The lowest BCUT2D eigenvalue weighted by Crippen LogP contribution is -2.29. The Morgan fingerprint density at radius 2 is 1.73 bits per heavy atom. The summed E-state index contributed by atoms with van der Waals surface area (Å²) in [5, 5.41) is 12.7. The van der Waals surface area contributed by atoms with E-state index in [9.17, 15) is 9.59 Å². The Morgan fingerprint density at radius 1 is 1.05 bits per heavy atom. The van der Waals surface area contributed by atoms with Gasteiger partial charge in [0.05, 0.1) is 12.5 Å². The molecule has 1 fully saturated rings. The molecule has 1 aromatic heterocycles. The average molecular weight is 503 g/mol. The van der Waals surface area contributed by atoms with Crippen molar-refractivity contribution in [3.8, 4) is 11.3 Å². The minimum absolute atomic E-state index is 0.0695. The number of nitrogens with zero attached hydrogens (tertiary/aromatic N) is 1. The van der Waals surface area contributed by atoms with Gasteiger partial charge in [-0.3, -0.25) is 9.59 Å². The van der Waals surface area contributed by atoms with Crippen LogP contribution >= 0.6 is 0 Å². The van der Waals surface area contributed by atoms with Crippen molar-refractivity contribution in [1.29, 1.82) is 0 Å². The predicted molar refractivity (Wildman–Crippen MR) is 147 cm³/mol. The molecule has 1 aliphatic carbocycles. The fraction of sp³-hybridized carbons (Fsp3) is 0.419. The van der Waals surface area contributed by atoms with Gasteiger partial charge in [-0.1, -0.05) is 56.0 Å². The number of nitrogens with one attached hydrogen (secondary N) is 1. The van der Waals surface area contributed by atoms with Crippen LogP contribution in [0.4, 0.5) is 5.69 Å². The molecule has 1 aliphatic rings. The van der Waals surface area contributed by atoms with Crippen LogP contribution in [0.25, 0.3) is 11.3 Å². The third-order valence-corrected chi connectivity index (χ3v) is 7.42. The zero-order valence-corrected chi connectivity index (χ0v) is 22.1. The molecule has 1 heterocycles. The van der Waals surface area contributed by atoms with Gasteiger partial charge in [0.2, 0.25) is 0 Å². The second kappa shape index (κ2) is 12.1. The van der Waals surface area contributed by atoms with Crippen molar-refractivity contribution < 1.29 is 19.1 Å². The Hall–Kier alpha value is -3.54. The predicted octanol–water partition coefficient (Wildman–Crippen LogP) is 7.10. The summed E-state index contributed by atoms with van der Waals surface area (Å²) in [4.78, 5) is 25.0. The van der Waals surface area contributed by atoms with Crippen molar-refractivity contribution >= 4 is 17.6 Å². The number of amides is 1. The van der Waals surface area contributed by atoms with Gasteiger partial charge in [-0.05, 0) is 56.0 Å². The standard InChI is InChI=1S/C31H38N2O4/c1-4-27-26(20-28(37-27)22-12-10-21(2)11-13-22)30(23-8-6-5-7-9-23)32-25-16-14-24(15-17-25)31(36)33(3)19-18-29(34)35/h10-17,20,23,30,32H,4-9,18-19H2,1-3H3,(H,34,35). The van der Waals surface area contributed by atoms with Gasteiger partial charge in [0.25, 0.3) is 5.91 Å². The second-order valence-corrected chi connectivity index (χ2v) is 10.2. The number of furan rings is 1. The van der Waals surface area contributed by atoms with Crippen LogP contribution in [0.1, 0.15) is 78.7 Å². The first-order valence-electron chi connectivity index (χ1n) is 13.4. The van der Waals surface area contributed by atoms with E-state index in [4.69, 9.17) is 9.52 Å². The van der Waals surface area contributed by atoms with E-state index in [2.05, 4.69) is 49.5 Å². The molecule has 4 rings (SSSR count). The molecule has 6 heteroatoms. The Morgan fingerprint density at radius 3 is 2.35 bits per heavy atom. The molecule has 0 saturated heterocycles. The highest BCUT2D eigenvalue weighted by atomic mass is 16.4. The average Bonchev–Trinajstić information content (AvgIpc) is 3.35. The summed E-state index contributed by atoms with van der Waals surface area (Å²) < 4.78 is 6.38. The molecule has 2 N–H and O–H groups in total. The lowest BCUT2D eigenvalue weighted by Gasteiger charge is -2.32. The normalized spacial score (nSPS) is 14.8. The van der Waals surface area contributed by atoms with Crippen molar-refractivity contribution in [3.63, 3.8) is 0 Å². The topological polar surface area (TPSA) is 82.8 Å². The summed E-state index contributed by atoms with van der Waals surface area (Å²) >= 11 is 0.